The van der Waals surface area contributed by atoms with Crippen molar-refractivity contribution in [2.45, 2.75) is 32.5 Å². The van der Waals surface area contributed by atoms with E-state index in [1.54, 1.807) is 0 Å². The minimum absolute atomic E-state index is 0.717. The topological polar surface area (TPSA) is 38.7 Å². The van der Waals surface area contributed by atoms with Crippen LogP contribution in [0, 0.1) is 13.8 Å². The Morgan fingerprint density at radius 3 is 2.56 bits per heavy atom. The van der Waals surface area contributed by atoms with Crippen molar-refractivity contribution >= 4 is 15.9 Å². The third-order valence-electron chi connectivity index (χ3n) is 2.86. The number of aryl methyl sites for hydroxylation is 3. The van der Waals surface area contributed by atoms with E-state index in [0.29, 0.717) is 5.82 Å². The summed E-state index contributed by atoms with van der Waals surface area (Å²) in [6.07, 6.45) is 4.65. The van der Waals surface area contributed by atoms with Crippen LogP contribution in [0.5, 0.6) is 0 Å². The molecule has 0 aliphatic heterocycles. The van der Waals surface area contributed by atoms with Gasteiger partial charge in [0.15, 0.2) is 5.82 Å². The van der Waals surface area contributed by atoms with Crippen molar-refractivity contribution in [2.75, 3.05) is 0 Å². The van der Waals surface area contributed by atoms with Gasteiger partial charge in [-0.1, -0.05) is 28.9 Å². The van der Waals surface area contributed by atoms with Gasteiger partial charge in [0.1, 0.15) is 5.69 Å². The number of halogens is 1. The fourth-order valence-corrected chi connectivity index (χ4v) is 2.39. The highest BCUT2D eigenvalue weighted by Crippen LogP contribution is 2.20. The van der Waals surface area contributed by atoms with Crippen LogP contribution in [0.2, 0.25) is 0 Å². The Morgan fingerprint density at radius 2 is 1.94 bits per heavy atom. The Kier molecular flexibility index (Phi) is 4.07. The maximum Gasteiger partial charge on any atom is 0.178 e. The molecule has 18 heavy (non-hydrogen) atoms. The van der Waals surface area contributed by atoms with E-state index in [-0.39, 0.29) is 0 Å². The minimum atomic E-state index is 0.717. The van der Waals surface area contributed by atoms with Gasteiger partial charge in [-0.25, -0.2) is 9.97 Å². The van der Waals surface area contributed by atoms with Crippen molar-refractivity contribution in [3.63, 3.8) is 0 Å². The van der Waals surface area contributed by atoms with Crippen LogP contribution in [-0.4, -0.2) is 15.0 Å². The maximum atomic E-state index is 4.62. The molecule has 0 aromatic carbocycles. The van der Waals surface area contributed by atoms with Crippen molar-refractivity contribution < 1.29 is 0 Å². The van der Waals surface area contributed by atoms with Crippen molar-refractivity contribution in [3.8, 4) is 11.5 Å². The molecule has 0 amide bonds. The molecule has 2 rings (SSSR count). The Balaban J connectivity index is 2.51. The van der Waals surface area contributed by atoms with Crippen molar-refractivity contribution in [1.82, 2.24) is 15.0 Å². The number of hydrogen-bond donors (Lipinski definition) is 0. The van der Waals surface area contributed by atoms with Crippen LogP contribution in [0.15, 0.2) is 18.5 Å². The van der Waals surface area contributed by atoms with Gasteiger partial charge in [0.05, 0.1) is 0 Å². The van der Waals surface area contributed by atoms with E-state index in [2.05, 4.69) is 43.9 Å². The van der Waals surface area contributed by atoms with Crippen LogP contribution in [0.25, 0.3) is 11.5 Å². The maximum absolute atomic E-state index is 4.62. The molecule has 0 saturated carbocycles. The smallest absolute Gasteiger partial charge is 0.178 e. The molecule has 0 bridgehead atoms. The zero-order valence-corrected chi connectivity index (χ0v) is 12.5. The van der Waals surface area contributed by atoms with E-state index < -0.39 is 0 Å². The minimum Gasteiger partial charge on any atom is -0.252 e. The van der Waals surface area contributed by atoms with E-state index in [1.807, 2.05) is 26.2 Å². The lowest BCUT2D eigenvalue weighted by Gasteiger charge is -2.08. The zero-order valence-electron chi connectivity index (χ0n) is 10.9. The third-order valence-corrected chi connectivity index (χ3v) is 3.46. The Labute approximate surface area is 116 Å². The highest BCUT2D eigenvalue weighted by molar-refractivity contribution is 9.08. The summed E-state index contributed by atoms with van der Waals surface area (Å²) in [6.45, 7) is 6.19. The van der Waals surface area contributed by atoms with E-state index in [4.69, 9.17) is 0 Å². The lowest BCUT2D eigenvalue weighted by molar-refractivity contribution is 0.964. The van der Waals surface area contributed by atoms with Crippen LogP contribution < -0.4 is 0 Å². The van der Waals surface area contributed by atoms with E-state index >= 15 is 0 Å². The van der Waals surface area contributed by atoms with E-state index in [0.717, 1.165) is 39.8 Å². The first-order chi connectivity index (χ1) is 8.65. The number of hydrogen-bond acceptors (Lipinski definition) is 3. The number of nitrogens with zero attached hydrogens (tertiary/aromatic N) is 3. The summed E-state index contributed by atoms with van der Waals surface area (Å²) in [6, 6.07) is 2.11. The molecule has 0 saturated heterocycles. The standard InChI is InChI=1S/C14H16BrN3/c1-4-12-11(6-15)8-17-14(18-12)13-10(3)5-9(2)7-16-13/h5,7-8H,4,6H2,1-3H3. The van der Waals surface area contributed by atoms with Crippen LogP contribution in [0.1, 0.15) is 29.3 Å². The van der Waals surface area contributed by atoms with Gasteiger partial charge in [-0.3, -0.25) is 4.98 Å². The SMILES string of the molecule is CCc1nc(-c2ncc(C)cc2C)ncc1CBr. The molecule has 0 unspecified atom stereocenters. The first kappa shape index (κ1) is 13.1. The van der Waals surface area contributed by atoms with E-state index in [9.17, 15) is 0 Å². The molecule has 0 aliphatic rings. The first-order valence-electron chi connectivity index (χ1n) is 6.00. The summed E-state index contributed by atoms with van der Waals surface area (Å²) in [7, 11) is 0. The van der Waals surface area contributed by atoms with Crippen LogP contribution in [0.4, 0.5) is 0 Å². The van der Waals surface area contributed by atoms with Crippen LogP contribution >= 0.6 is 15.9 Å². The molecule has 0 spiro atoms. The largest absolute Gasteiger partial charge is 0.252 e. The van der Waals surface area contributed by atoms with Gasteiger partial charge >= 0.3 is 0 Å². The molecular weight excluding hydrogens is 290 g/mol. The molecule has 94 valence electrons. The van der Waals surface area contributed by atoms with Gasteiger partial charge in [0, 0.05) is 29.0 Å². The van der Waals surface area contributed by atoms with Gasteiger partial charge in [0.2, 0.25) is 0 Å². The molecule has 2 aromatic heterocycles. The number of alkyl halides is 1. The molecule has 2 heterocycles. The molecule has 0 radical (unpaired) electrons. The van der Waals surface area contributed by atoms with Crippen LogP contribution in [-0.2, 0) is 11.8 Å². The number of rotatable bonds is 3. The Morgan fingerprint density at radius 1 is 1.17 bits per heavy atom. The van der Waals surface area contributed by atoms with Crippen molar-refractivity contribution in [2.24, 2.45) is 0 Å². The molecule has 2 aromatic rings. The molecule has 4 heteroatoms. The van der Waals surface area contributed by atoms with Gasteiger partial charge < -0.3 is 0 Å². The molecule has 0 N–H and O–H groups in total. The molecule has 3 nitrogen and oxygen atoms in total. The highest BCUT2D eigenvalue weighted by atomic mass is 79.9. The quantitative estimate of drug-likeness (QED) is 0.813. The van der Waals surface area contributed by atoms with Crippen molar-refractivity contribution in [3.05, 3.63) is 40.8 Å². The Hall–Kier alpha value is -1.29. The van der Waals surface area contributed by atoms with Crippen LogP contribution in [0.3, 0.4) is 0 Å². The first-order valence-corrected chi connectivity index (χ1v) is 7.12. The van der Waals surface area contributed by atoms with Gasteiger partial charge in [-0.2, -0.15) is 0 Å². The normalized spacial score (nSPS) is 10.7. The summed E-state index contributed by atoms with van der Waals surface area (Å²) in [5, 5.41) is 0.788. The highest BCUT2D eigenvalue weighted by Gasteiger charge is 2.10. The van der Waals surface area contributed by atoms with Gasteiger partial charge in [-0.05, 0) is 31.4 Å². The fraction of sp³-hybridized carbons (Fsp3) is 0.357. The third kappa shape index (κ3) is 2.58. The zero-order chi connectivity index (χ0) is 13.1. The average Bonchev–Trinajstić information content (AvgIpc) is 2.38. The number of aromatic nitrogens is 3. The second-order valence-electron chi connectivity index (χ2n) is 4.33. The summed E-state index contributed by atoms with van der Waals surface area (Å²) >= 11 is 3.46. The lowest BCUT2D eigenvalue weighted by atomic mass is 10.1. The predicted molar refractivity (Wildman–Crippen MR) is 76.7 cm³/mol. The molecule has 0 atom stereocenters. The summed E-state index contributed by atoms with van der Waals surface area (Å²) < 4.78 is 0. The average molecular weight is 306 g/mol. The number of pyridine rings is 1. The second kappa shape index (κ2) is 5.57. The monoisotopic (exact) mass is 305 g/mol. The predicted octanol–water partition coefficient (Wildman–Crippen LogP) is 3.61. The summed E-state index contributed by atoms with van der Waals surface area (Å²) in [5.74, 6) is 0.717. The Bertz CT molecular complexity index is 567. The van der Waals surface area contributed by atoms with E-state index in [1.165, 1.54) is 0 Å². The summed E-state index contributed by atoms with van der Waals surface area (Å²) in [5.41, 5.74) is 5.37. The molecule has 0 fully saturated rings. The lowest BCUT2D eigenvalue weighted by Crippen LogP contribution is -2.01. The second-order valence-corrected chi connectivity index (χ2v) is 4.89. The van der Waals surface area contributed by atoms with Gasteiger partial charge in [0.25, 0.3) is 0 Å². The summed E-state index contributed by atoms with van der Waals surface area (Å²) in [4.78, 5) is 13.5. The molecular formula is C14H16BrN3. The van der Waals surface area contributed by atoms with Crippen molar-refractivity contribution in [1.29, 1.82) is 0 Å². The fourth-order valence-electron chi connectivity index (χ4n) is 1.92. The van der Waals surface area contributed by atoms with Gasteiger partial charge in [-0.15, -0.1) is 0 Å². The molecule has 0 aliphatic carbocycles.